The molecule has 0 saturated heterocycles. The molecule has 10 nitrogen and oxygen atoms in total. The fourth-order valence-corrected chi connectivity index (χ4v) is 3.50. The van der Waals surface area contributed by atoms with Crippen LogP contribution in [-0.4, -0.2) is 52.6 Å². The Kier molecular flexibility index (Phi) is 8.19. The Bertz CT molecular complexity index is 1200. The van der Waals surface area contributed by atoms with E-state index in [2.05, 4.69) is 20.3 Å². The van der Waals surface area contributed by atoms with Gasteiger partial charge in [0.05, 0.1) is 36.8 Å². The number of amides is 1. The number of rotatable bonds is 9. The summed E-state index contributed by atoms with van der Waals surface area (Å²) in [6, 6.07) is 9.70. The molecule has 0 unspecified atom stereocenters. The van der Waals surface area contributed by atoms with Crippen molar-refractivity contribution in [3.05, 3.63) is 65.2 Å². The summed E-state index contributed by atoms with van der Waals surface area (Å²) in [5.74, 6) is -1.15. The number of aromatic nitrogens is 3. The second-order valence-corrected chi connectivity index (χ2v) is 7.72. The van der Waals surface area contributed by atoms with Crippen LogP contribution in [-0.2, 0) is 27.9 Å². The molecule has 1 aromatic heterocycles. The molecule has 0 fully saturated rings. The summed E-state index contributed by atoms with van der Waals surface area (Å²) in [6.45, 7) is 0.102. The van der Waals surface area contributed by atoms with E-state index in [4.69, 9.17) is 9.47 Å². The number of anilines is 1. The second kappa shape index (κ2) is 11.3. The molecule has 0 bridgehead atoms. The van der Waals surface area contributed by atoms with Crippen molar-refractivity contribution in [2.75, 3.05) is 25.3 Å². The van der Waals surface area contributed by atoms with E-state index in [9.17, 15) is 18.8 Å². The minimum absolute atomic E-state index is 0.0478. The number of nitrogens with zero attached hydrogens (tertiary/aromatic N) is 3. The van der Waals surface area contributed by atoms with E-state index in [1.807, 2.05) is 0 Å². The highest BCUT2D eigenvalue weighted by atomic mass is 32.2. The molecule has 3 rings (SSSR count). The Hall–Kier alpha value is -3.93. The van der Waals surface area contributed by atoms with Gasteiger partial charge in [0.2, 0.25) is 5.91 Å². The maximum absolute atomic E-state index is 13.0. The molecule has 0 aliphatic heterocycles. The lowest BCUT2D eigenvalue weighted by Crippen LogP contribution is -2.18. The van der Waals surface area contributed by atoms with Gasteiger partial charge < -0.3 is 24.1 Å². The van der Waals surface area contributed by atoms with E-state index >= 15 is 0 Å². The highest BCUT2D eigenvalue weighted by molar-refractivity contribution is 7.99. The Balaban J connectivity index is 1.63. The molecule has 1 heterocycles. The van der Waals surface area contributed by atoms with Crippen molar-refractivity contribution in [3.63, 3.8) is 0 Å². The molecule has 1 N–H and O–H groups in total. The van der Waals surface area contributed by atoms with E-state index in [0.29, 0.717) is 16.7 Å². The van der Waals surface area contributed by atoms with Crippen LogP contribution in [0.25, 0.3) is 0 Å². The predicted octanol–water partition coefficient (Wildman–Crippen LogP) is 2.84. The third-order valence-electron chi connectivity index (χ3n) is 4.56. The number of nitrogens with one attached hydrogen (secondary N) is 1. The van der Waals surface area contributed by atoms with Crippen molar-refractivity contribution in [1.82, 2.24) is 14.8 Å². The van der Waals surface area contributed by atoms with Crippen molar-refractivity contribution >= 4 is 35.3 Å². The lowest BCUT2D eigenvalue weighted by atomic mass is 10.1. The van der Waals surface area contributed by atoms with Crippen LogP contribution in [0.1, 0.15) is 26.5 Å². The number of benzene rings is 2. The molecule has 178 valence electrons. The molecule has 0 saturated carbocycles. The number of methoxy groups -OCH3 is 2. The number of esters is 2. The number of halogens is 1. The van der Waals surface area contributed by atoms with E-state index < -0.39 is 17.8 Å². The van der Waals surface area contributed by atoms with Gasteiger partial charge in [0.15, 0.2) is 11.0 Å². The standard InChI is InChI=1S/C22H21FN4O6S/c1-27-18(11-33-15-7-5-14(23)6-8-15)25-26-22(27)34-12-19(28)24-17-10-13(20(29)31-2)4-9-16(17)21(30)32-3/h4-10H,11-12H2,1-3H3,(H,24,28). The van der Waals surface area contributed by atoms with E-state index in [-0.39, 0.29) is 35.0 Å². The monoisotopic (exact) mass is 488 g/mol. The summed E-state index contributed by atoms with van der Waals surface area (Å²) in [6.07, 6.45) is 0. The summed E-state index contributed by atoms with van der Waals surface area (Å²) in [5, 5.41) is 11.2. The molecule has 0 aliphatic carbocycles. The first-order valence-corrected chi connectivity index (χ1v) is 10.8. The van der Waals surface area contributed by atoms with Gasteiger partial charge in [-0.15, -0.1) is 10.2 Å². The highest BCUT2D eigenvalue weighted by Gasteiger charge is 2.18. The van der Waals surface area contributed by atoms with Crippen molar-refractivity contribution in [1.29, 1.82) is 0 Å². The van der Waals surface area contributed by atoms with Gasteiger partial charge in [-0.05, 0) is 42.5 Å². The lowest BCUT2D eigenvalue weighted by molar-refractivity contribution is -0.113. The van der Waals surface area contributed by atoms with Gasteiger partial charge in [-0.25, -0.2) is 14.0 Å². The maximum Gasteiger partial charge on any atom is 0.339 e. The fraction of sp³-hybridized carbons (Fsp3) is 0.227. The van der Waals surface area contributed by atoms with Crippen LogP contribution < -0.4 is 10.1 Å². The first-order chi connectivity index (χ1) is 16.3. The van der Waals surface area contributed by atoms with Crippen molar-refractivity contribution in [2.45, 2.75) is 11.8 Å². The molecular formula is C22H21FN4O6S. The first-order valence-electron chi connectivity index (χ1n) is 9.82. The highest BCUT2D eigenvalue weighted by Crippen LogP contribution is 2.22. The third kappa shape index (κ3) is 6.10. The van der Waals surface area contributed by atoms with E-state index in [0.717, 1.165) is 11.8 Å². The first kappa shape index (κ1) is 24.7. The number of hydrogen-bond donors (Lipinski definition) is 1. The number of thioether (sulfide) groups is 1. The summed E-state index contributed by atoms with van der Waals surface area (Å²) < 4.78 is 29.6. The molecule has 1 amide bonds. The molecule has 0 atom stereocenters. The molecule has 0 aliphatic rings. The zero-order chi connectivity index (χ0) is 24.7. The Labute approximate surface area is 198 Å². The van der Waals surface area contributed by atoms with Gasteiger partial charge in [0, 0.05) is 7.05 Å². The molecular weight excluding hydrogens is 467 g/mol. The quantitative estimate of drug-likeness (QED) is 0.358. The van der Waals surface area contributed by atoms with Crippen LogP contribution in [0.2, 0.25) is 0 Å². The van der Waals surface area contributed by atoms with Crippen LogP contribution in [0.4, 0.5) is 10.1 Å². The second-order valence-electron chi connectivity index (χ2n) is 6.78. The minimum atomic E-state index is -0.668. The third-order valence-corrected chi connectivity index (χ3v) is 5.58. The van der Waals surface area contributed by atoms with Gasteiger partial charge in [0.25, 0.3) is 0 Å². The van der Waals surface area contributed by atoms with Crippen molar-refractivity contribution in [2.24, 2.45) is 7.05 Å². The van der Waals surface area contributed by atoms with Crippen LogP contribution >= 0.6 is 11.8 Å². The Morgan fingerprint density at radius 1 is 1.03 bits per heavy atom. The summed E-state index contributed by atoms with van der Waals surface area (Å²) in [5.41, 5.74) is 0.372. The van der Waals surface area contributed by atoms with Crippen LogP contribution in [0.15, 0.2) is 47.6 Å². The van der Waals surface area contributed by atoms with Crippen LogP contribution in [0.3, 0.4) is 0 Å². The van der Waals surface area contributed by atoms with E-state index in [1.54, 1.807) is 11.6 Å². The smallest absolute Gasteiger partial charge is 0.339 e. The number of carbonyl (C=O) groups excluding carboxylic acids is 3. The van der Waals surface area contributed by atoms with Crippen molar-refractivity contribution < 1.29 is 33.0 Å². The van der Waals surface area contributed by atoms with Crippen LogP contribution in [0.5, 0.6) is 5.75 Å². The minimum Gasteiger partial charge on any atom is -0.486 e. The zero-order valence-corrected chi connectivity index (χ0v) is 19.3. The fourth-order valence-electron chi connectivity index (χ4n) is 2.77. The Morgan fingerprint density at radius 2 is 1.74 bits per heavy atom. The number of carbonyl (C=O) groups is 3. The normalized spacial score (nSPS) is 10.5. The SMILES string of the molecule is COC(=O)c1ccc(C(=O)OC)c(NC(=O)CSc2nnc(COc3ccc(F)cc3)n2C)c1. The van der Waals surface area contributed by atoms with Gasteiger partial charge in [-0.1, -0.05) is 11.8 Å². The molecule has 34 heavy (non-hydrogen) atoms. The largest absolute Gasteiger partial charge is 0.486 e. The average molecular weight is 488 g/mol. The van der Waals surface area contributed by atoms with Gasteiger partial charge >= 0.3 is 11.9 Å². The summed E-state index contributed by atoms with van der Waals surface area (Å²) in [4.78, 5) is 36.4. The van der Waals surface area contributed by atoms with Crippen LogP contribution in [0, 0.1) is 5.82 Å². The average Bonchev–Trinajstić information content (AvgIpc) is 3.20. The number of hydrogen-bond acceptors (Lipinski definition) is 9. The van der Waals surface area contributed by atoms with Crippen molar-refractivity contribution in [3.8, 4) is 5.75 Å². The maximum atomic E-state index is 13.0. The molecule has 2 aromatic carbocycles. The predicted molar refractivity (Wildman–Crippen MR) is 120 cm³/mol. The molecule has 3 aromatic rings. The summed E-state index contributed by atoms with van der Waals surface area (Å²) in [7, 11) is 4.16. The molecule has 12 heteroatoms. The molecule has 0 spiro atoms. The Morgan fingerprint density at radius 3 is 2.41 bits per heavy atom. The topological polar surface area (TPSA) is 122 Å². The zero-order valence-electron chi connectivity index (χ0n) is 18.5. The lowest BCUT2D eigenvalue weighted by Gasteiger charge is -2.11. The van der Waals surface area contributed by atoms with Gasteiger partial charge in [0.1, 0.15) is 18.2 Å². The summed E-state index contributed by atoms with van der Waals surface area (Å²) >= 11 is 1.12. The van der Waals surface area contributed by atoms with Gasteiger partial charge in [-0.2, -0.15) is 0 Å². The number of ether oxygens (including phenoxy) is 3. The molecule has 0 radical (unpaired) electrons. The van der Waals surface area contributed by atoms with Gasteiger partial charge in [-0.3, -0.25) is 4.79 Å². The van der Waals surface area contributed by atoms with E-state index in [1.165, 1.54) is 56.7 Å².